The van der Waals surface area contributed by atoms with Crippen molar-refractivity contribution in [3.05, 3.63) is 53.3 Å². The number of ether oxygens (including phenoxy) is 1. The van der Waals surface area contributed by atoms with Gasteiger partial charge in [0, 0.05) is 5.56 Å². The average Bonchev–Trinajstić information content (AvgIpc) is 2.46. The Hall–Kier alpha value is -2.55. The largest absolute Gasteiger partial charge is 0.490 e. The van der Waals surface area contributed by atoms with Gasteiger partial charge in [-0.15, -0.1) is 0 Å². The van der Waals surface area contributed by atoms with Gasteiger partial charge in [0.05, 0.1) is 17.2 Å². The monoisotopic (exact) mass is 323 g/mol. The lowest BCUT2D eigenvalue weighted by Gasteiger charge is -2.13. The molecule has 2 nitrogen and oxygen atoms in total. The van der Waals surface area contributed by atoms with Crippen LogP contribution in [0.4, 0.5) is 17.6 Å². The molecule has 0 saturated carbocycles. The van der Waals surface area contributed by atoms with Gasteiger partial charge in [0.2, 0.25) is 0 Å². The minimum Gasteiger partial charge on any atom is -0.490 e. The molecule has 2 aromatic carbocycles. The standard InChI is InChI=1S/C17H13F4NO/c1-10(2)23-16-6-3-11(7-12(16)9-22)14-5-4-13(8-15(14)18)17(19,20)21/h3-8,10H,1-2H3. The van der Waals surface area contributed by atoms with E-state index in [1.54, 1.807) is 13.8 Å². The molecule has 0 unspecified atom stereocenters. The Morgan fingerprint density at radius 3 is 2.30 bits per heavy atom. The first kappa shape index (κ1) is 16.8. The van der Waals surface area contributed by atoms with E-state index in [0.717, 1.165) is 12.1 Å². The highest BCUT2D eigenvalue weighted by Gasteiger charge is 2.31. The first-order valence-electron chi connectivity index (χ1n) is 6.80. The maximum atomic E-state index is 14.0. The van der Waals surface area contributed by atoms with E-state index in [2.05, 4.69) is 0 Å². The summed E-state index contributed by atoms with van der Waals surface area (Å²) in [7, 11) is 0. The maximum Gasteiger partial charge on any atom is 0.416 e. The van der Waals surface area contributed by atoms with Crippen LogP contribution in [0.5, 0.6) is 5.75 Å². The quantitative estimate of drug-likeness (QED) is 0.730. The fraction of sp³-hybridized carbons (Fsp3) is 0.235. The molecule has 0 aliphatic rings. The van der Waals surface area contributed by atoms with Gasteiger partial charge in [-0.3, -0.25) is 0 Å². The van der Waals surface area contributed by atoms with Crippen LogP contribution >= 0.6 is 0 Å². The second kappa shape index (κ2) is 6.29. The highest BCUT2D eigenvalue weighted by Crippen LogP contribution is 2.34. The first-order valence-corrected chi connectivity index (χ1v) is 6.80. The molecular formula is C17H13F4NO. The minimum atomic E-state index is -4.61. The summed E-state index contributed by atoms with van der Waals surface area (Å²) in [6.45, 7) is 3.59. The lowest BCUT2D eigenvalue weighted by molar-refractivity contribution is -0.137. The Labute approximate surface area is 130 Å². The van der Waals surface area contributed by atoms with Crippen molar-refractivity contribution in [2.45, 2.75) is 26.1 Å². The predicted octanol–water partition coefficient (Wildman–Crippen LogP) is 5.17. The van der Waals surface area contributed by atoms with Gasteiger partial charge < -0.3 is 4.74 Å². The van der Waals surface area contributed by atoms with Crippen molar-refractivity contribution in [1.82, 2.24) is 0 Å². The summed E-state index contributed by atoms with van der Waals surface area (Å²) in [6, 6.07) is 8.65. The molecule has 23 heavy (non-hydrogen) atoms. The summed E-state index contributed by atoms with van der Waals surface area (Å²) in [5.41, 5.74) is -0.566. The third-order valence-corrected chi connectivity index (χ3v) is 3.07. The van der Waals surface area contributed by atoms with Crippen molar-refractivity contribution >= 4 is 0 Å². The Kier molecular flexibility index (Phi) is 4.60. The zero-order chi connectivity index (χ0) is 17.2. The lowest BCUT2D eigenvalue weighted by Crippen LogP contribution is -2.07. The molecule has 0 heterocycles. The van der Waals surface area contributed by atoms with Gasteiger partial charge in [0.1, 0.15) is 17.6 Å². The second-order valence-corrected chi connectivity index (χ2v) is 5.18. The Morgan fingerprint density at radius 2 is 1.78 bits per heavy atom. The summed E-state index contributed by atoms with van der Waals surface area (Å²) in [5.74, 6) is -0.653. The molecule has 0 aliphatic heterocycles. The number of rotatable bonds is 3. The molecule has 0 aromatic heterocycles. The summed E-state index contributed by atoms with van der Waals surface area (Å²) in [6.07, 6.45) is -4.75. The molecule has 120 valence electrons. The third kappa shape index (κ3) is 3.81. The van der Waals surface area contributed by atoms with Crippen molar-refractivity contribution < 1.29 is 22.3 Å². The zero-order valence-electron chi connectivity index (χ0n) is 12.4. The summed E-state index contributed by atoms with van der Waals surface area (Å²) < 4.78 is 57.2. The number of benzene rings is 2. The van der Waals surface area contributed by atoms with E-state index < -0.39 is 17.6 Å². The first-order chi connectivity index (χ1) is 10.7. The SMILES string of the molecule is CC(C)Oc1ccc(-c2ccc(C(F)(F)F)cc2F)cc1C#N. The van der Waals surface area contributed by atoms with Crippen LogP contribution < -0.4 is 4.74 Å². The van der Waals surface area contributed by atoms with Gasteiger partial charge in [0.15, 0.2) is 0 Å². The van der Waals surface area contributed by atoms with Crippen LogP contribution in [0.15, 0.2) is 36.4 Å². The van der Waals surface area contributed by atoms with E-state index >= 15 is 0 Å². The van der Waals surface area contributed by atoms with Gasteiger partial charge in [-0.05, 0) is 43.7 Å². The van der Waals surface area contributed by atoms with Gasteiger partial charge in [0.25, 0.3) is 0 Å². The molecule has 0 amide bonds. The van der Waals surface area contributed by atoms with Crippen molar-refractivity contribution in [2.75, 3.05) is 0 Å². The molecule has 2 rings (SSSR count). The fourth-order valence-corrected chi connectivity index (χ4v) is 2.07. The highest BCUT2D eigenvalue weighted by molar-refractivity contribution is 5.68. The van der Waals surface area contributed by atoms with Crippen LogP contribution in [-0.4, -0.2) is 6.10 Å². The number of hydrogen-bond donors (Lipinski definition) is 0. The van der Waals surface area contributed by atoms with E-state index in [4.69, 9.17) is 10.00 Å². The Bertz CT molecular complexity index is 760. The summed E-state index contributed by atoms with van der Waals surface area (Å²) in [4.78, 5) is 0. The molecule has 0 saturated heterocycles. The Morgan fingerprint density at radius 1 is 1.09 bits per heavy atom. The topological polar surface area (TPSA) is 33.0 Å². The Balaban J connectivity index is 2.45. The van der Waals surface area contributed by atoms with E-state index in [-0.39, 0.29) is 17.2 Å². The number of nitriles is 1. The predicted molar refractivity (Wildman–Crippen MR) is 77.3 cm³/mol. The van der Waals surface area contributed by atoms with Gasteiger partial charge in [-0.2, -0.15) is 18.4 Å². The zero-order valence-corrected chi connectivity index (χ0v) is 12.4. The lowest BCUT2D eigenvalue weighted by atomic mass is 10.0. The fourth-order valence-electron chi connectivity index (χ4n) is 2.07. The summed E-state index contributed by atoms with van der Waals surface area (Å²) in [5, 5.41) is 9.15. The van der Waals surface area contributed by atoms with Gasteiger partial charge in [-0.25, -0.2) is 4.39 Å². The number of hydrogen-bond acceptors (Lipinski definition) is 2. The molecule has 0 spiro atoms. The molecule has 2 aromatic rings. The van der Waals surface area contributed by atoms with E-state index in [0.29, 0.717) is 17.4 Å². The number of halogens is 4. The molecule has 6 heteroatoms. The molecule has 0 fully saturated rings. The third-order valence-electron chi connectivity index (χ3n) is 3.07. The van der Waals surface area contributed by atoms with Crippen LogP contribution in [-0.2, 0) is 6.18 Å². The second-order valence-electron chi connectivity index (χ2n) is 5.18. The van der Waals surface area contributed by atoms with Crippen molar-refractivity contribution in [1.29, 1.82) is 5.26 Å². The van der Waals surface area contributed by atoms with E-state index in [9.17, 15) is 17.6 Å². The molecule has 0 bridgehead atoms. The highest BCUT2D eigenvalue weighted by atomic mass is 19.4. The molecule has 0 radical (unpaired) electrons. The van der Waals surface area contributed by atoms with Crippen LogP contribution in [0.3, 0.4) is 0 Å². The van der Waals surface area contributed by atoms with Crippen LogP contribution in [0, 0.1) is 17.1 Å². The van der Waals surface area contributed by atoms with Crippen molar-refractivity contribution in [3.63, 3.8) is 0 Å². The molecule has 0 N–H and O–H groups in total. The molecule has 0 atom stereocenters. The smallest absolute Gasteiger partial charge is 0.416 e. The molecule has 0 aliphatic carbocycles. The maximum absolute atomic E-state index is 14.0. The van der Waals surface area contributed by atoms with Gasteiger partial charge >= 0.3 is 6.18 Å². The van der Waals surface area contributed by atoms with Crippen molar-refractivity contribution in [2.24, 2.45) is 0 Å². The number of nitrogens with zero attached hydrogens (tertiary/aromatic N) is 1. The minimum absolute atomic E-state index is 0.00871. The molecular weight excluding hydrogens is 310 g/mol. The van der Waals surface area contributed by atoms with Crippen LogP contribution in [0.2, 0.25) is 0 Å². The van der Waals surface area contributed by atoms with Crippen molar-refractivity contribution in [3.8, 4) is 22.9 Å². The average molecular weight is 323 g/mol. The van der Waals surface area contributed by atoms with Gasteiger partial charge in [-0.1, -0.05) is 12.1 Å². The van der Waals surface area contributed by atoms with E-state index in [1.165, 1.54) is 18.2 Å². The number of alkyl halides is 3. The van der Waals surface area contributed by atoms with E-state index in [1.807, 2.05) is 6.07 Å². The van der Waals surface area contributed by atoms with Crippen LogP contribution in [0.25, 0.3) is 11.1 Å². The van der Waals surface area contributed by atoms with Crippen LogP contribution in [0.1, 0.15) is 25.0 Å². The summed E-state index contributed by atoms with van der Waals surface area (Å²) >= 11 is 0. The normalized spacial score (nSPS) is 11.4.